The predicted molar refractivity (Wildman–Crippen MR) is 181 cm³/mol. The van der Waals surface area contributed by atoms with E-state index in [1.165, 1.54) is 35.9 Å². The topological polar surface area (TPSA) is 118 Å². The predicted octanol–water partition coefficient (Wildman–Crippen LogP) is 6.81. The molecule has 6 unspecified atom stereocenters. The third-order valence-electron chi connectivity index (χ3n) is 10.2. The Labute approximate surface area is 296 Å². The molecular formula is C35H27ClF3N3O6S2. The maximum atomic E-state index is 14.1. The fourth-order valence-electron chi connectivity index (χ4n) is 8.41. The maximum absolute atomic E-state index is 14.1. The molecule has 9 nitrogen and oxygen atoms in total. The number of fused-ring (bicyclic) bond motifs is 9. The van der Waals surface area contributed by atoms with Crippen LogP contribution in [0.5, 0.6) is 11.5 Å². The number of para-hydroxylation sites is 1. The number of alkyl halides is 3. The zero-order valence-corrected chi connectivity index (χ0v) is 28.4. The first kappa shape index (κ1) is 32.9. The van der Waals surface area contributed by atoms with Gasteiger partial charge in [-0.15, -0.1) is 11.8 Å². The molecule has 2 aliphatic carbocycles. The number of anilines is 2. The Morgan fingerprint density at radius 1 is 1.02 bits per heavy atom. The van der Waals surface area contributed by atoms with Crippen molar-refractivity contribution in [2.45, 2.75) is 28.8 Å². The van der Waals surface area contributed by atoms with E-state index in [9.17, 15) is 32.3 Å². The van der Waals surface area contributed by atoms with Crippen LogP contribution in [-0.4, -0.2) is 41.7 Å². The van der Waals surface area contributed by atoms with Gasteiger partial charge in [0.1, 0.15) is 11.5 Å². The lowest BCUT2D eigenvalue weighted by atomic mass is 9.68. The van der Waals surface area contributed by atoms with Crippen molar-refractivity contribution in [3.05, 3.63) is 97.4 Å². The van der Waals surface area contributed by atoms with Crippen LogP contribution >= 0.6 is 34.7 Å². The van der Waals surface area contributed by atoms with Crippen molar-refractivity contribution in [1.29, 1.82) is 0 Å². The highest BCUT2D eigenvalue weighted by Crippen LogP contribution is 2.69. The summed E-state index contributed by atoms with van der Waals surface area (Å²) in [7, 11) is 1.54. The minimum atomic E-state index is -4.67. The van der Waals surface area contributed by atoms with Gasteiger partial charge in [0.25, 0.3) is 5.91 Å². The van der Waals surface area contributed by atoms with E-state index in [4.69, 9.17) is 21.1 Å². The van der Waals surface area contributed by atoms with Crippen LogP contribution in [0.15, 0.2) is 76.6 Å². The number of rotatable bonds is 7. The first-order valence-electron chi connectivity index (χ1n) is 15.7. The lowest BCUT2D eigenvalue weighted by Gasteiger charge is -2.43. The Morgan fingerprint density at radius 2 is 1.74 bits per heavy atom. The van der Waals surface area contributed by atoms with Crippen molar-refractivity contribution in [2.75, 3.05) is 23.9 Å². The Hall–Kier alpha value is -4.27. The highest BCUT2D eigenvalue weighted by atomic mass is 35.5. The minimum absolute atomic E-state index is 0.120. The fraction of sp³-hybridized carbons (Fsp3) is 0.314. The fourth-order valence-corrected chi connectivity index (χ4v) is 11.5. The number of imide groups is 1. The van der Waals surface area contributed by atoms with Gasteiger partial charge in [-0.3, -0.25) is 24.1 Å². The van der Waals surface area contributed by atoms with Crippen LogP contribution < -0.4 is 24.6 Å². The van der Waals surface area contributed by atoms with Gasteiger partial charge in [0.15, 0.2) is 6.61 Å². The van der Waals surface area contributed by atoms with Crippen LogP contribution in [0.2, 0.25) is 5.02 Å². The number of halogens is 4. The first-order valence-corrected chi connectivity index (χ1v) is 17.8. The molecule has 0 radical (unpaired) electrons. The van der Waals surface area contributed by atoms with Gasteiger partial charge in [0, 0.05) is 26.6 Å². The number of ether oxygens (including phenoxy) is 2. The van der Waals surface area contributed by atoms with Crippen molar-refractivity contribution in [1.82, 2.24) is 4.98 Å². The molecule has 2 aliphatic heterocycles. The van der Waals surface area contributed by atoms with Crippen molar-refractivity contribution in [2.24, 2.45) is 29.6 Å². The monoisotopic (exact) mass is 741 g/mol. The Bertz CT molecular complexity index is 2100. The number of aromatic amines is 1. The van der Waals surface area contributed by atoms with Gasteiger partial charge in [-0.1, -0.05) is 35.1 Å². The molecule has 3 fully saturated rings. The van der Waals surface area contributed by atoms with E-state index in [2.05, 4.69) is 10.3 Å². The number of nitrogens with zero attached hydrogens (tertiary/aromatic N) is 1. The van der Waals surface area contributed by atoms with E-state index in [1.54, 1.807) is 42.5 Å². The normalized spacial score (nSPS) is 26.4. The van der Waals surface area contributed by atoms with Gasteiger partial charge in [0.2, 0.25) is 11.8 Å². The van der Waals surface area contributed by atoms with Gasteiger partial charge in [-0.25, -0.2) is 0 Å². The first-order chi connectivity index (χ1) is 23.9. The summed E-state index contributed by atoms with van der Waals surface area (Å²) in [5.74, 6) is -2.49. The van der Waals surface area contributed by atoms with E-state index in [1.807, 2.05) is 0 Å². The highest BCUT2D eigenvalue weighted by molar-refractivity contribution is 8.00. The van der Waals surface area contributed by atoms with E-state index in [0.717, 1.165) is 28.3 Å². The average Bonchev–Trinajstić information content (AvgIpc) is 3.82. The summed E-state index contributed by atoms with van der Waals surface area (Å²) in [6, 6.07) is 16.3. The zero-order chi connectivity index (χ0) is 35.1. The third kappa shape index (κ3) is 5.30. The van der Waals surface area contributed by atoms with Crippen LogP contribution in [0.4, 0.5) is 24.5 Å². The van der Waals surface area contributed by atoms with E-state index < -0.39 is 47.7 Å². The van der Waals surface area contributed by atoms with E-state index >= 15 is 0 Å². The van der Waals surface area contributed by atoms with Crippen LogP contribution in [0.3, 0.4) is 0 Å². The van der Waals surface area contributed by atoms with E-state index in [0.29, 0.717) is 33.5 Å². The van der Waals surface area contributed by atoms with Gasteiger partial charge in [0.05, 0.1) is 40.9 Å². The molecule has 2 saturated carbocycles. The molecule has 4 aliphatic rings. The molecule has 7 atom stereocenters. The summed E-state index contributed by atoms with van der Waals surface area (Å²) < 4.78 is 51.8. The lowest BCUT2D eigenvalue weighted by molar-refractivity contribution is -0.137. The molecule has 258 valence electrons. The Kier molecular flexibility index (Phi) is 8.03. The van der Waals surface area contributed by atoms with Crippen LogP contribution in [0, 0.1) is 29.6 Å². The number of thioether (sulfide) groups is 1. The molecule has 15 heteroatoms. The molecule has 2 bridgehead atoms. The van der Waals surface area contributed by atoms with Crippen molar-refractivity contribution in [3.63, 3.8) is 0 Å². The number of nitrogens with one attached hydrogen (secondary N) is 2. The number of aromatic nitrogens is 1. The molecule has 50 heavy (non-hydrogen) atoms. The number of H-pyrrole nitrogens is 1. The second-order valence-electron chi connectivity index (χ2n) is 12.7. The summed E-state index contributed by atoms with van der Waals surface area (Å²) in [5.41, 5.74) is -0.316. The number of amides is 3. The van der Waals surface area contributed by atoms with Crippen molar-refractivity contribution in [3.8, 4) is 11.5 Å². The van der Waals surface area contributed by atoms with Crippen molar-refractivity contribution < 1.29 is 37.0 Å². The molecule has 8 rings (SSSR count). The van der Waals surface area contributed by atoms with Crippen LogP contribution in [0.1, 0.15) is 28.3 Å². The van der Waals surface area contributed by atoms with Crippen molar-refractivity contribution >= 4 is 63.8 Å². The summed E-state index contributed by atoms with van der Waals surface area (Å²) in [4.78, 5) is 58.4. The van der Waals surface area contributed by atoms with E-state index in [-0.39, 0.29) is 45.4 Å². The highest BCUT2D eigenvalue weighted by Gasteiger charge is 2.70. The molecule has 3 aromatic carbocycles. The van der Waals surface area contributed by atoms with Gasteiger partial charge >= 0.3 is 11.0 Å². The molecular weight excluding hydrogens is 715 g/mol. The molecule has 1 aromatic heterocycles. The number of methoxy groups -OCH3 is 1. The smallest absolute Gasteiger partial charge is 0.418 e. The van der Waals surface area contributed by atoms with Crippen LogP contribution in [-0.2, 0) is 20.6 Å². The number of carbonyl (C=O) groups is 3. The summed E-state index contributed by atoms with van der Waals surface area (Å²) in [6.07, 6.45) is -4.02. The quantitative estimate of drug-likeness (QED) is 0.200. The standard InChI is InChI=1S/C35H27ClF3N3O6S2/c1-47-17-9-7-16(8-10-17)42-32(44)27-19-13-20(28(27)33(42)45)29-26(19)25(30-31(49-29)41-34(46)50-30)18-12-15(36)6-11-23(18)48-14-24(43)40-22-5-3-2-4-21(22)35(37,38)39/h2-12,19-20,25-29H,13-14H2,1H3,(H,40,43)(H,41,46)/t19?,20?,25-,26?,27?,28?,29?/m1/s1. The molecule has 2 N–H and O–H groups in total. The molecule has 3 amide bonds. The second-order valence-corrected chi connectivity index (χ2v) is 15.4. The maximum Gasteiger partial charge on any atom is 0.418 e. The number of thiazole rings is 1. The summed E-state index contributed by atoms with van der Waals surface area (Å²) in [5, 5.41) is 3.22. The largest absolute Gasteiger partial charge is 0.497 e. The van der Waals surface area contributed by atoms with Gasteiger partial charge in [-0.05, 0) is 78.8 Å². The lowest BCUT2D eigenvalue weighted by Crippen LogP contribution is -2.42. The molecule has 3 heterocycles. The molecule has 0 spiro atoms. The van der Waals surface area contributed by atoms with Gasteiger partial charge in [-0.2, -0.15) is 13.2 Å². The SMILES string of the molecule is COc1ccc(N2C(=O)C3C4CC(C3C2=O)C2C4Sc3[nH]c(=O)sc3[C@@H]2c2cc(Cl)ccc2OCC(=O)Nc2ccccc2C(F)(F)F)cc1. The third-order valence-corrected chi connectivity index (χ3v) is 13.1. The summed E-state index contributed by atoms with van der Waals surface area (Å²) >= 11 is 9.11. The average molecular weight is 742 g/mol. The number of hydrogen-bond acceptors (Lipinski definition) is 8. The Balaban J connectivity index is 1.12. The second kappa shape index (κ2) is 12.2. The number of benzene rings is 3. The molecule has 1 saturated heterocycles. The Morgan fingerprint density at radius 3 is 2.46 bits per heavy atom. The summed E-state index contributed by atoms with van der Waals surface area (Å²) in [6.45, 7) is -0.604. The zero-order valence-electron chi connectivity index (χ0n) is 26.0. The minimum Gasteiger partial charge on any atom is -0.497 e. The number of hydrogen-bond donors (Lipinski definition) is 2. The van der Waals surface area contributed by atoms with Crippen LogP contribution in [0.25, 0.3) is 0 Å². The van der Waals surface area contributed by atoms with Gasteiger partial charge < -0.3 is 19.8 Å². The molecule has 4 aromatic rings. The number of carbonyl (C=O) groups excluding carboxylic acids is 3.